The molecular formula is C18H36N2O. The van der Waals surface area contributed by atoms with Crippen LogP contribution in [0.5, 0.6) is 0 Å². The van der Waals surface area contributed by atoms with Crippen molar-refractivity contribution in [1.82, 2.24) is 10.2 Å². The number of hydrogen-bond donors (Lipinski definition) is 1. The van der Waals surface area contributed by atoms with E-state index < -0.39 is 0 Å². The molecule has 2 fully saturated rings. The first-order valence-corrected chi connectivity index (χ1v) is 9.18. The first-order chi connectivity index (χ1) is 10.1. The van der Waals surface area contributed by atoms with Crippen molar-refractivity contribution >= 4 is 0 Å². The first kappa shape index (κ1) is 17.2. The van der Waals surface area contributed by atoms with Crippen LogP contribution in [0.15, 0.2) is 0 Å². The molecule has 1 N–H and O–H groups in total. The Kier molecular flexibility index (Phi) is 6.51. The second-order valence-electron chi connectivity index (χ2n) is 7.42. The standard InChI is InChI=1S/C18H36N2O/c1-5-7-11-21-12-10-20-13-17(15(3)6-2)19-14-18(20,4)16-8-9-16/h15-17,19H,5-14H2,1-4H3. The van der Waals surface area contributed by atoms with E-state index in [2.05, 4.69) is 37.9 Å². The fourth-order valence-corrected chi connectivity index (χ4v) is 3.60. The highest BCUT2D eigenvalue weighted by atomic mass is 16.5. The summed E-state index contributed by atoms with van der Waals surface area (Å²) in [6, 6.07) is 0.650. The zero-order chi connectivity index (χ0) is 15.3. The Labute approximate surface area is 131 Å². The van der Waals surface area contributed by atoms with Crippen LogP contribution in [-0.2, 0) is 4.74 Å². The number of nitrogens with one attached hydrogen (secondary N) is 1. The van der Waals surface area contributed by atoms with E-state index in [1.54, 1.807) is 0 Å². The average Bonchev–Trinajstić information content (AvgIpc) is 3.33. The van der Waals surface area contributed by atoms with Gasteiger partial charge in [-0.05, 0) is 38.0 Å². The van der Waals surface area contributed by atoms with Crippen LogP contribution in [0.3, 0.4) is 0 Å². The summed E-state index contributed by atoms with van der Waals surface area (Å²) in [6.45, 7) is 14.7. The van der Waals surface area contributed by atoms with Crippen LogP contribution in [0.4, 0.5) is 0 Å². The summed E-state index contributed by atoms with van der Waals surface area (Å²) in [6.07, 6.45) is 6.51. The maximum atomic E-state index is 5.83. The number of rotatable bonds is 9. The zero-order valence-electron chi connectivity index (χ0n) is 14.7. The van der Waals surface area contributed by atoms with Gasteiger partial charge in [0, 0.05) is 37.8 Å². The van der Waals surface area contributed by atoms with Crippen molar-refractivity contribution < 1.29 is 4.74 Å². The third-order valence-electron chi connectivity index (χ3n) is 5.80. The van der Waals surface area contributed by atoms with E-state index in [1.807, 2.05) is 0 Å². The smallest absolute Gasteiger partial charge is 0.0593 e. The highest BCUT2D eigenvalue weighted by Crippen LogP contribution is 2.44. The maximum Gasteiger partial charge on any atom is 0.0593 e. The fraction of sp³-hybridized carbons (Fsp3) is 1.00. The van der Waals surface area contributed by atoms with Gasteiger partial charge in [-0.15, -0.1) is 0 Å². The quantitative estimate of drug-likeness (QED) is 0.661. The second-order valence-corrected chi connectivity index (χ2v) is 7.42. The molecule has 1 saturated heterocycles. The topological polar surface area (TPSA) is 24.5 Å². The van der Waals surface area contributed by atoms with Crippen molar-refractivity contribution in [1.29, 1.82) is 0 Å². The molecule has 1 heterocycles. The molecule has 0 aromatic carbocycles. The average molecular weight is 296 g/mol. The van der Waals surface area contributed by atoms with Gasteiger partial charge in [-0.3, -0.25) is 4.90 Å². The minimum Gasteiger partial charge on any atom is -0.380 e. The van der Waals surface area contributed by atoms with Gasteiger partial charge in [-0.1, -0.05) is 33.6 Å². The van der Waals surface area contributed by atoms with E-state index in [0.29, 0.717) is 11.6 Å². The van der Waals surface area contributed by atoms with E-state index in [4.69, 9.17) is 4.74 Å². The van der Waals surface area contributed by atoms with E-state index >= 15 is 0 Å². The summed E-state index contributed by atoms with van der Waals surface area (Å²) in [5.41, 5.74) is 0.359. The Balaban J connectivity index is 1.87. The summed E-state index contributed by atoms with van der Waals surface area (Å²) in [4.78, 5) is 2.74. The Bertz CT molecular complexity index is 306. The van der Waals surface area contributed by atoms with Gasteiger partial charge in [0.2, 0.25) is 0 Å². The molecule has 1 aliphatic carbocycles. The van der Waals surface area contributed by atoms with E-state index in [-0.39, 0.29) is 0 Å². The molecule has 0 amide bonds. The van der Waals surface area contributed by atoms with Crippen LogP contribution >= 0.6 is 0 Å². The summed E-state index contributed by atoms with van der Waals surface area (Å²) >= 11 is 0. The maximum absolute atomic E-state index is 5.83. The molecule has 124 valence electrons. The second kappa shape index (κ2) is 7.94. The molecule has 3 heteroatoms. The molecule has 0 aromatic heterocycles. The molecule has 0 aromatic rings. The highest BCUT2D eigenvalue weighted by molar-refractivity contribution is 5.05. The van der Waals surface area contributed by atoms with E-state index in [1.165, 1.54) is 38.6 Å². The van der Waals surface area contributed by atoms with Gasteiger partial charge in [0.05, 0.1) is 6.61 Å². The van der Waals surface area contributed by atoms with Crippen LogP contribution in [-0.4, -0.2) is 49.3 Å². The lowest BCUT2D eigenvalue weighted by Crippen LogP contribution is -2.66. The van der Waals surface area contributed by atoms with Crippen LogP contribution in [0, 0.1) is 11.8 Å². The Morgan fingerprint density at radius 1 is 1.29 bits per heavy atom. The number of nitrogens with zero attached hydrogens (tertiary/aromatic N) is 1. The van der Waals surface area contributed by atoms with Gasteiger partial charge in [-0.2, -0.15) is 0 Å². The molecule has 21 heavy (non-hydrogen) atoms. The van der Waals surface area contributed by atoms with Gasteiger partial charge in [0.15, 0.2) is 0 Å². The van der Waals surface area contributed by atoms with Crippen LogP contribution in [0.1, 0.15) is 59.8 Å². The van der Waals surface area contributed by atoms with Crippen molar-refractivity contribution in [3.8, 4) is 0 Å². The molecular weight excluding hydrogens is 260 g/mol. The summed E-state index contributed by atoms with van der Waals surface area (Å²) in [5.74, 6) is 1.66. The highest BCUT2D eigenvalue weighted by Gasteiger charge is 2.48. The Morgan fingerprint density at radius 3 is 2.67 bits per heavy atom. The van der Waals surface area contributed by atoms with Crippen LogP contribution < -0.4 is 5.32 Å². The molecule has 3 atom stereocenters. The first-order valence-electron chi connectivity index (χ1n) is 9.18. The molecule has 2 aliphatic rings. The Morgan fingerprint density at radius 2 is 2.05 bits per heavy atom. The lowest BCUT2D eigenvalue weighted by Gasteiger charge is -2.50. The molecule has 0 bridgehead atoms. The summed E-state index contributed by atoms with van der Waals surface area (Å²) < 4.78 is 5.83. The van der Waals surface area contributed by atoms with Gasteiger partial charge >= 0.3 is 0 Å². The molecule has 2 rings (SSSR count). The van der Waals surface area contributed by atoms with Crippen molar-refractivity contribution in [2.45, 2.75) is 71.4 Å². The van der Waals surface area contributed by atoms with Gasteiger partial charge < -0.3 is 10.1 Å². The molecule has 1 aliphatic heterocycles. The van der Waals surface area contributed by atoms with Crippen LogP contribution in [0.2, 0.25) is 0 Å². The molecule has 1 saturated carbocycles. The predicted molar refractivity (Wildman–Crippen MR) is 89.7 cm³/mol. The largest absolute Gasteiger partial charge is 0.380 e. The minimum absolute atomic E-state index is 0.359. The summed E-state index contributed by atoms with van der Waals surface area (Å²) in [5, 5.41) is 3.84. The zero-order valence-corrected chi connectivity index (χ0v) is 14.7. The van der Waals surface area contributed by atoms with Crippen molar-refractivity contribution in [3.63, 3.8) is 0 Å². The fourth-order valence-electron chi connectivity index (χ4n) is 3.60. The number of hydrogen-bond acceptors (Lipinski definition) is 3. The van der Waals surface area contributed by atoms with Crippen LogP contribution in [0.25, 0.3) is 0 Å². The minimum atomic E-state index is 0.359. The molecule has 3 unspecified atom stereocenters. The lowest BCUT2D eigenvalue weighted by atomic mass is 9.86. The monoisotopic (exact) mass is 296 g/mol. The third-order valence-corrected chi connectivity index (χ3v) is 5.80. The number of ether oxygens (including phenoxy) is 1. The normalized spacial score (nSPS) is 32.3. The SMILES string of the molecule is CCCCOCCN1CC(C(C)CC)NCC1(C)C1CC1. The van der Waals surface area contributed by atoms with Crippen molar-refractivity contribution in [2.24, 2.45) is 11.8 Å². The lowest BCUT2D eigenvalue weighted by molar-refractivity contribution is -0.00137. The molecule has 0 spiro atoms. The van der Waals surface area contributed by atoms with Gasteiger partial charge in [0.1, 0.15) is 0 Å². The Hall–Kier alpha value is -0.120. The number of unbranched alkanes of at least 4 members (excludes halogenated alkanes) is 1. The van der Waals surface area contributed by atoms with E-state index in [9.17, 15) is 0 Å². The number of piperazine rings is 1. The van der Waals surface area contributed by atoms with E-state index in [0.717, 1.165) is 38.1 Å². The van der Waals surface area contributed by atoms with Crippen molar-refractivity contribution in [3.05, 3.63) is 0 Å². The summed E-state index contributed by atoms with van der Waals surface area (Å²) in [7, 11) is 0. The third kappa shape index (κ3) is 4.43. The molecule has 3 nitrogen and oxygen atoms in total. The van der Waals surface area contributed by atoms with Gasteiger partial charge in [0.25, 0.3) is 0 Å². The predicted octanol–water partition coefficient (Wildman–Crippen LogP) is 3.29. The van der Waals surface area contributed by atoms with Gasteiger partial charge in [-0.25, -0.2) is 0 Å². The molecule has 0 radical (unpaired) electrons. The van der Waals surface area contributed by atoms with Crippen molar-refractivity contribution in [2.75, 3.05) is 32.8 Å².